The summed E-state index contributed by atoms with van der Waals surface area (Å²) >= 11 is 1.53. The second-order valence-corrected chi connectivity index (χ2v) is 13.7. The molecule has 1 aromatic heterocycles. The maximum atomic E-state index is 13.1. The summed E-state index contributed by atoms with van der Waals surface area (Å²) in [5, 5.41) is 1.95. The molecule has 1 fully saturated rings. The molecule has 0 N–H and O–H groups in total. The lowest BCUT2D eigenvalue weighted by atomic mass is 9.83. The van der Waals surface area contributed by atoms with Crippen LogP contribution in [-0.2, 0) is 14.0 Å². The van der Waals surface area contributed by atoms with Crippen LogP contribution in [0.4, 0.5) is 4.79 Å². The van der Waals surface area contributed by atoms with Gasteiger partial charge < -0.3 is 9.16 Å². The minimum atomic E-state index is -2.02. The molecule has 26 heavy (non-hydrogen) atoms. The van der Waals surface area contributed by atoms with E-state index in [-0.39, 0.29) is 5.91 Å². The first-order valence-electron chi connectivity index (χ1n) is 9.33. The monoisotopic (exact) mass is 397 g/mol. The van der Waals surface area contributed by atoms with Gasteiger partial charge >= 0.3 is 6.09 Å². The molecule has 0 spiro atoms. The summed E-state index contributed by atoms with van der Waals surface area (Å²) in [6.45, 7) is 13.6. The molecule has 2 rings (SSSR count). The predicted molar refractivity (Wildman–Crippen MR) is 107 cm³/mol. The summed E-state index contributed by atoms with van der Waals surface area (Å²) in [6, 6.07) is 6.31. The molecular weight excluding hydrogens is 366 g/mol. The number of rotatable bonds is 6. The van der Waals surface area contributed by atoms with Gasteiger partial charge in [0.2, 0.25) is 0 Å². The molecule has 0 aliphatic carbocycles. The standard InChI is InChI=1S/C19H31NO4SSi/c1-8-26(9-2,10-3)24-19(7)15(14-12-11-13-25-14)20(16(19)21)17(22)23-18(4,5)6/h11-13,15H,8-10H2,1-7H3/t15-,19-/m1/s1. The fourth-order valence-corrected chi connectivity index (χ4v) is 7.48. The molecule has 1 aliphatic rings. The van der Waals surface area contributed by atoms with E-state index in [4.69, 9.17) is 9.16 Å². The molecule has 0 bridgehead atoms. The van der Waals surface area contributed by atoms with Crippen molar-refractivity contribution in [1.82, 2.24) is 4.90 Å². The van der Waals surface area contributed by atoms with E-state index in [2.05, 4.69) is 20.8 Å². The Kier molecular flexibility index (Phi) is 6.05. The van der Waals surface area contributed by atoms with E-state index < -0.39 is 31.7 Å². The normalized spacial score (nSPS) is 23.7. The van der Waals surface area contributed by atoms with Gasteiger partial charge in [0.15, 0.2) is 13.9 Å². The van der Waals surface area contributed by atoms with Gasteiger partial charge in [-0.2, -0.15) is 0 Å². The van der Waals surface area contributed by atoms with Gasteiger partial charge in [0, 0.05) is 4.88 Å². The van der Waals surface area contributed by atoms with Gasteiger partial charge in [-0.1, -0.05) is 26.8 Å². The first-order valence-corrected chi connectivity index (χ1v) is 12.7. The molecule has 1 aromatic rings. The average Bonchev–Trinajstić information content (AvgIpc) is 3.08. The van der Waals surface area contributed by atoms with E-state index in [1.165, 1.54) is 16.2 Å². The number of hydrogen-bond acceptors (Lipinski definition) is 5. The van der Waals surface area contributed by atoms with Gasteiger partial charge in [-0.15, -0.1) is 11.3 Å². The van der Waals surface area contributed by atoms with Gasteiger partial charge in [0.1, 0.15) is 11.6 Å². The third-order valence-corrected chi connectivity index (χ3v) is 10.8. The largest absolute Gasteiger partial charge is 0.443 e. The number of carbonyl (C=O) groups excluding carboxylic acids is 2. The van der Waals surface area contributed by atoms with Crippen molar-refractivity contribution in [3.05, 3.63) is 22.4 Å². The Morgan fingerprint density at radius 3 is 2.27 bits per heavy atom. The van der Waals surface area contributed by atoms with Crippen LogP contribution in [0.5, 0.6) is 0 Å². The highest BCUT2D eigenvalue weighted by atomic mass is 32.1. The van der Waals surface area contributed by atoms with Crippen molar-refractivity contribution in [3.63, 3.8) is 0 Å². The van der Waals surface area contributed by atoms with E-state index in [9.17, 15) is 9.59 Å². The second kappa shape index (κ2) is 7.44. The highest BCUT2D eigenvalue weighted by Crippen LogP contribution is 2.50. The molecule has 5 nitrogen and oxygen atoms in total. The molecule has 7 heteroatoms. The Labute approximate surface area is 161 Å². The van der Waals surface area contributed by atoms with Crippen LogP contribution < -0.4 is 0 Å². The van der Waals surface area contributed by atoms with Crippen LogP contribution >= 0.6 is 11.3 Å². The van der Waals surface area contributed by atoms with Crippen LogP contribution in [0.2, 0.25) is 18.1 Å². The molecule has 2 amide bonds. The number of likely N-dealkylation sites (tertiary alicyclic amines) is 1. The number of nitrogens with zero attached hydrogens (tertiary/aromatic N) is 1. The molecule has 0 radical (unpaired) electrons. The lowest BCUT2D eigenvalue weighted by Gasteiger charge is -2.55. The molecule has 2 atom stereocenters. The first-order chi connectivity index (χ1) is 12.0. The molecule has 1 aliphatic heterocycles. The van der Waals surface area contributed by atoms with E-state index in [0.717, 1.165) is 23.0 Å². The number of imide groups is 1. The van der Waals surface area contributed by atoms with Crippen molar-refractivity contribution >= 4 is 31.7 Å². The lowest BCUT2D eigenvalue weighted by Crippen LogP contribution is -2.72. The Morgan fingerprint density at radius 2 is 1.85 bits per heavy atom. The SMILES string of the molecule is CC[Si](CC)(CC)O[C@@]1(C)C(=O)N(C(=O)OC(C)(C)C)[C@@H]1c1cccs1. The zero-order valence-electron chi connectivity index (χ0n) is 16.9. The minimum absolute atomic E-state index is 0.294. The van der Waals surface area contributed by atoms with E-state index in [1.54, 1.807) is 20.8 Å². The summed E-state index contributed by atoms with van der Waals surface area (Å²) in [5.41, 5.74) is -1.66. The van der Waals surface area contributed by atoms with E-state index >= 15 is 0 Å². The zero-order chi connectivity index (χ0) is 19.8. The maximum absolute atomic E-state index is 13.1. The van der Waals surface area contributed by atoms with Crippen LogP contribution in [-0.4, -0.2) is 36.4 Å². The van der Waals surface area contributed by atoms with Crippen LogP contribution in [0.25, 0.3) is 0 Å². The third kappa shape index (κ3) is 3.75. The lowest BCUT2D eigenvalue weighted by molar-refractivity contribution is -0.181. The Balaban J connectivity index is 2.38. The van der Waals surface area contributed by atoms with E-state index in [0.29, 0.717) is 0 Å². The first kappa shape index (κ1) is 21.1. The minimum Gasteiger partial charge on any atom is -0.443 e. The number of thiophene rings is 1. The molecule has 2 heterocycles. The maximum Gasteiger partial charge on any atom is 0.417 e. The van der Waals surface area contributed by atoms with Crippen molar-refractivity contribution in [3.8, 4) is 0 Å². The fraction of sp³-hybridized carbons (Fsp3) is 0.684. The molecule has 0 saturated carbocycles. The van der Waals surface area contributed by atoms with Crippen LogP contribution in [0.1, 0.15) is 59.4 Å². The number of amides is 2. The molecule has 146 valence electrons. The molecular formula is C19H31NO4SSi. The number of β-lactam (4-membered cyclic amide) rings is 1. The molecule has 0 unspecified atom stereocenters. The van der Waals surface area contributed by atoms with Crippen LogP contribution in [0.15, 0.2) is 17.5 Å². The topological polar surface area (TPSA) is 55.8 Å². The zero-order valence-corrected chi connectivity index (χ0v) is 18.7. The van der Waals surface area contributed by atoms with Crippen molar-refractivity contribution in [2.75, 3.05) is 0 Å². The number of ether oxygens (including phenoxy) is 1. The van der Waals surface area contributed by atoms with Gasteiger partial charge in [0.05, 0.1) is 0 Å². The quantitative estimate of drug-likeness (QED) is 0.480. The molecule has 0 aromatic carbocycles. The van der Waals surface area contributed by atoms with Crippen molar-refractivity contribution in [2.45, 2.75) is 83.8 Å². The van der Waals surface area contributed by atoms with Crippen LogP contribution in [0.3, 0.4) is 0 Å². The summed E-state index contributed by atoms with van der Waals surface area (Å²) < 4.78 is 12.1. The second-order valence-electron chi connectivity index (χ2n) is 8.03. The summed E-state index contributed by atoms with van der Waals surface area (Å²) in [5.74, 6) is -0.294. The smallest absolute Gasteiger partial charge is 0.417 e. The van der Waals surface area contributed by atoms with Crippen molar-refractivity contribution in [2.24, 2.45) is 0 Å². The van der Waals surface area contributed by atoms with E-state index in [1.807, 2.05) is 24.4 Å². The number of hydrogen-bond donors (Lipinski definition) is 0. The molecule has 1 saturated heterocycles. The summed E-state index contributed by atoms with van der Waals surface area (Å²) in [7, 11) is -2.02. The van der Waals surface area contributed by atoms with Crippen molar-refractivity contribution < 1.29 is 18.8 Å². The highest BCUT2D eigenvalue weighted by molar-refractivity contribution is 7.10. The Morgan fingerprint density at radius 1 is 1.27 bits per heavy atom. The van der Waals surface area contributed by atoms with Gasteiger partial charge in [-0.25, -0.2) is 9.69 Å². The Bertz CT molecular complexity index is 643. The van der Waals surface area contributed by atoms with Crippen molar-refractivity contribution in [1.29, 1.82) is 0 Å². The van der Waals surface area contributed by atoms with Gasteiger partial charge in [-0.3, -0.25) is 4.79 Å². The van der Waals surface area contributed by atoms with Crippen LogP contribution in [0, 0.1) is 0 Å². The van der Waals surface area contributed by atoms with Gasteiger partial charge in [-0.05, 0) is 57.3 Å². The number of carbonyl (C=O) groups is 2. The third-order valence-electron chi connectivity index (χ3n) is 5.19. The summed E-state index contributed by atoms with van der Waals surface area (Å²) in [6.07, 6.45) is -0.598. The highest BCUT2D eigenvalue weighted by Gasteiger charge is 2.65. The Hall–Kier alpha value is -1.18. The summed E-state index contributed by atoms with van der Waals surface area (Å²) in [4.78, 5) is 27.9. The van der Waals surface area contributed by atoms with Gasteiger partial charge in [0.25, 0.3) is 5.91 Å². The fourth-order valence-electron chi connectivity index (χ4n) is 3.51. The predicted octanol–water partition coefficient (Wildman–Crippen LogP) is 5.35. The average molecular weight is 398 g/mol.